The molecule has 0 amide bonds. The van der Waals surface area contributed by atoms with E-state index in [1.54, 1.807) is 6.07 Å². The molecule has 0 aromatic heterocycles. The molecule has 4 rings (SSSR count). The van der Waals surface area contributed by atoms with Gasteiger partial charge < -0.3 is 14.5 Å². The summed E-state index contributed by atoms with van der Waals surface area (Å²) in [7, 11) is 2.05. The summed E-state index contributed by atoms with van der Waals surface area (Å²) in [6, 6.07) is 10.9. The number of ether oxygens (including phenoxy) is 1. The van der Waals surface area contributed by atoms with Crippen molar-refractivity contribution in [1.29, 1.82) is 0 Å². The van der Waals surface area contributed by atoms with Gasteiger partial charge in [0.1, 0.15) is 17.3 Å². The van der Waals surface area contributed by atoms with E-state index in [0.29, 0.717) is 35.1 Å². The molecule has 2 aliphatic heterocycles. The summed E-state index contributed by atoms with van der Waals surface area (Å²) in [5.41, 5.74) is 0.302. The number of hydrogen-bond acceptors (Lipinski definition) is 4. The molecule has 2 heterocycles. The molecule has 0 saturated carbocycles. The molecule has 0 atom stereocenters. The topological polar surface area (TPSA) is 28.1 Å². The van der Waals surface area contributed by atoms with Crippen LogP contribution in [0.1, 0.15) is 31.4 Å². The maximum absolute atomic E-state index is 13.3. The highest BCUT2D eigenvalue weighted by molar-refractivity contribution is 6.04. The van der Waals surface area contributed by atoms with Gasteiger partial charge in [0, 0.05) is 19.6 Å². The number of halogens is 3. The second-order valence-electron chi connectivity index (χ2n) is 6.86. The van der Waals surface area contributed by atoms with Crippen molar-refractivity contribution in [3.63, 3.8) is 0 Å². The number of para-hydroxylation sites is 2. The van der Waals surface area contributed by atoms with Crippen LogP contribution in [-0.4, -0.2) is 48.9 Å². The lowest BCUT2D eigenvalue weighted by atomic mass is 10.1. The molecular formula is C22H26F3N3O. The summed E-state index contributed by atoms with van der Waals surface area (Å²) in [4.78, 5) is 9.01. The van der Waals surface area contributed by atoms with Crippen molar-refractivity contribution in [3.8, 4) is 11.5 Å². The van der Waals surface area contributed by atoms with Crippen molar-refractivity contribution in [3.05, 3.63) is 53.6 Å². The van der Waals surface area contributed by atoms with Crippen LogP contribution >= 0.6 is 0 Å². The number of amidine groups is 1. The van der Waals surface area contributed by atoms with Crippen molar-refractivity contribution in [2.24, 2.45) is 4.99 Å². The van der Waals surface area contributed by atoms with Crippen LogP contribution in [0.5, 0.6) is 11.5 Å². The first-order valence-corrected chi connectivity index (χ1v) is 9.92. The van der Waals surface area contributed by atoms with E-state index in [-0.39, 0.29) is 0 Å². The molecule has 0 aliphatic carbocycles. The van der Waals surface area contributed by atoms with Gasteiger partial charge >= 0.3 is 6.18 Å². The highest BCUT2D eigenvalue weighted by atomic mass is 19.4. The number of alkyl halides is 3. The van der Waals surface area contributed by atoms with E-state index >= 15 is 0 Å². The van der Waals surface area contributed by atoms with E-state index in [9.17, 15) is 13.2 Å². The average molecular weight is 405 g/mol. The third kappa shape index (κ3) is 4.72. The minimum absolute atomic E-state index is 0.380. The molecule has 7 heteroatoms. The van der Waals surface area contributed by atoms with Gasteiger partial charge in [0.15, 0.2) is 5.75 Å². The van der Waals surface area contributed by atoms with Gasteiger partial charge in [-0.2, -0.15) is 13.2 Å². The number of likely N-dealkylation sites (N-methyl/N-ethyl adjacent to an activating group) is 1. The standard InChI is InChI=1S/C20H20F3N3O.C2H6/c1-25-9-4-10-26(12-11-25)19-15-13-14(20(21,22)23)7-8-17(15)27-18-6-3-2-5-16(18)24-19;1-2/h2-3,5-8,13H,4,9-12H2,1H3;1-2H3. The molecule has 4 nitrogen and oxygen atoms in total. The first-order valence-electron chi connectivity index (χ1n) is 9.92. The van der Waals surface area contributed by atoms with Gasteiger partial charge in [-0.1, -0.05) is 26.0 Å². The van der Waals surface area contributed by atoms with Gasteiger partial charge in [0.2, 0.25) is 0 Å². The zero-order valence-electron chi connectivity index (χ0n) is 17.0. The number of fused-ring (bicyclic) bond motifs is 2. The van der Waals surface area contributed by atoms with Gasteiger partial charge in [0.05, 0.1) is 11.1 Å². The van der Waals surface area contributed by atoms with Crippen LogP contribution in [0.25, 0.3) is 0 Å². The van der Waals surface area contributed by atoms with E-state index in [0.717, 1.165) is 38.2 Å². The maximum atomic E-state index is 13.3. The second-order valence-corrected chi connectivity index (χ2v) is 6.86. The SMILES string of the molecule is CC.CN1CCCN(C2=Nc3ccccc3Oc3ccc(C(F)(F)F)cc32)CC1. The first-order chi connectivity index (χ1) is 13.9. The quantitative estimate of drug-likeness (QED) is 0.575. The van der Waals surface area contributed by atoms with Crippen molar-refractivity contribution in [2.75, 3.05) is 33.2 Å². The Bertz CT molecular complexity index is 880. The summed E-state index contributed by atoms with van der Waals surface area (Å²) in [6.07, 6.45) is -3.50. The van der Waals surface area contributed by atoms with Crippen LogP contribution in [-0.2, 0) is 6.18 Å². The van der Waals surface area contributed by atoms with Crippen molar-refractivity contribution in [2.45, 2.75) is 26.4 Å². The Morgan fingerprint density at radius 2 is 1.69 bits per heavy atom. The van der Waals surface area contributed by atoms with Gasteiger partial charge in [-0.25, -0.2) is 4.99 Å². The van der Waals surface area contributed by atoms with Crippen molar-refractivity contribution in [1.82, 2.24) is 9.80 Å². The molecule has 0 spiro atoms. The Balaban J connectivity index is 0.00000117. The van der Waals surface area contributed by atoms with Crippen LogP contribution in [0.4, 0.5) is 18.9 Å². The highest BCUT2D eigenvalue weighted by Crippen LogP contribution is 2.40. The van der Waals surface area contributed by atoms with E-state index < -0.39 is 11.7 Å². The fourth-order valence-corrected chi connectivity index (χ4v) is 3.40. The molecule has 0 unspecified atom stereocenters. The summed E-state index contributed by atoms with van der Waals surface area (Å²) < 4.78 is 45.8. The number of nitrogens with zero attached hydrogens (tertiary/aromatic N) is 3. The zero-order chi connectivity index (χ0) is 21.0. The maximum Gasteiger partial charge on any atom is 0.416 e. The predicted octanol–water partition coefficient (Wildman–Crippen LogP) is 5.55. The molecule has 0 radical (unpaired) electrons. The van der Waals surface area contributed by atoms with E-state index in [4.69, 9.17) is 9.73 Å². The number of aliphatic imine (C=N–C) groups is 1. The van der Waals surface area contributed by atoms with E-state index in [2.05, 4.69) is 9.80 Å². The third-order valence-electron chi connectivity index (χ3n) is 4.88. The molecule has 156 valence electrons. The molecule has 0 N–H and O–H groups in total. The molecule has 1 fully saturated rings. The van der Waals surface area contributed by atoms with Crippen LogP contribution in [0.3, 0.4) is 0 Å². The normalized spacial score (nSPS) is 16.9. The molecule has 0 bridgehead atoms. The molecule has 1 saturated heterocycles. The fourth-order valence-electron chi connectivity index (χ4n) is 3.40. The Morgan fingerprint density at radius 3 is 2.45 bits per heavy atom. The van der Waals surface area contributed by atoms with E-state index in [1.807, 2.05) is 39.1 Å². The minimum Gasteiger partial charge on any atom is -0.454 e. The summed E-state index contributed by atoms with van der Waals surface area (Å²) in [6.45, 7) is 7.22. The van der Waals surface area contributed by atoms with Crippen LogP contribution in [0.15, 0.2) is 47.5 Å². The first kappa shape index (κ1) is 21.2. The molecule has 2 aliphatic rings. The summed E-state index contributed by atoms with van der Waals surface area (Å²) in [5, 5.41) is 0. The Morgan fingerprint density at radius 1 is 0.931 bits per heavy atom. The molecule has 2 aromatic carbocycles. The summed E-state index contributed by atoms with van der Waals surface area (Å²) >= 11 is 0. The Kier molecular flexibility index (Phi) is 6.47. The Labute approximate surface area is 169 Å². The third-order valence-corrected chi connectivity index (χ3v) is 4.88. The van der Waals surface area contributed by atoms with Crippen molar-refractivity contribution >= 4 is 11.5 Å². The molecule has 29 heavy (non-hydrogen) atoms. The van der Waals surface area contributed by atoms with Crippen LogP contribution in [0, 0.1) is 0 Å². The lowest BCUT2D eigenvalue weighted by Crippen LogP contribution is -2.35. The minimum atomic E-state index is -4.42. The van der Waals surface area contributed by atoms with Crippen molar-refractivity contribution < 1.29 is 17.9 Å². The smallest absolute Gasteiger partial charge is 0.416 e. The number of benzene rings is 2. The largest absolute Gasteiger partial charge is 0.454 e. The second kappa shape index (κ2) is 8.86. The summed E-state index contributed by atoms with van der Waals surface area (Å²) in [5.74, 6) is 1.47. The highest BCUT2D eigenvalue weighted by Gasteiger charge is 2.33. The van der Waals surface area contributed by atoms with Gasteiger partial charge in [-0.15, -0.1) is 0 Å². The monoisotopic (exact) mass is 405 g/mol. The lowest BCUT2D eigenvalue weighted by molar-refractivity contribution is -0.137. The van der Waals surface area contributed by atoms with Gasteiger partial charge in [-0.3, -0.25) is 0 Å². The average Bonchev–Trinajstić information content (AvgIpc) is 3.02. The van der Waals surface area contributed by atoms with Crippen LogP contribution < -0.4 is 4.74 Å². The Hall–Kier alpha value is -2.54. The van der Waals surface area contributed by atoms with E-state index in [1.165, 1.54) is 6.07 Å². The zero-order valence-corrected chi connectivity index (χ0v) is 17.0. The lowest BCUT2D eigenvalue weighted by Gasteiger charge is -2.25. The number of rotatable bonds is 0. The fraction of sp³-hybridized carbons (Fsp3) is 0.409. The van der Waals surface area contributed by atoms with Gasteiger partial charge in [0.25, 0.3) is 0 Å². The molecule has 2 aromatic rings. The van der Waals surface area contributed by atoms with Crippen LogP contribution in [0.2, 0.25) is 0 Å². The van der Waals surface area contributed by atoms with Gasteiger partial charge in [-0.05, 0) is 50.3 Å². The number of hydrogen-bond donors (Lipinski definition) is 0. The molecular weight excluding hydrogens is 379 g/mol. The predicted molar refractivity (Wildman–Crippen MR) is 109 cm³/mol.